The molecule has 0 atom stereocenters. The van der Waals surface area contributed by atoms with Gasteiger partial charge in [-0.2, -0.15) is 0 Å². The molecule has 0 unspecified atom stereocenters. The number of alkyl halides is 1. The highest BCUT2D eigenvalue weighted by Gasteiger charge is 2.26. The molecule has 0 aromatic heterocycles. The average Bonchev–Trinajstić information content (AvgIpc) is 2.48. The van der Waals surface area contributed by atoms with Crippen LogP contribution in [0.3, 0.4) is 0 Å². The molecule has 1 saturated carbocycles. The fourth-order valence-electron chi connectivity index (χ4n) is 3.07. The monoisotopic (exact) mass is 337 g/mol. The van der Waals surface area contributed by atoms with E-state index in [1.807, 2.05) is 12.1 Å². The lowest BCUT2D eigenvalue weighted by Crippen LogP contribution is -2.42. The number of amides is 1. The van der Waals surface area contributed by atoms with Crippen molar-refractivity contribution in [3.05, 3.63) is 34.9 Å². The van der Waals surface area contributed by atoms with Crippen LogP contribution in [0.25, 0.3) is 0 Å². The molecule has 0 heterocycles. The highest BCUT2D eigenvalue weighted by Crippen LogP contribution is 2.25. The maximum absolute atomic E-state index is 12.9. The van der Waals surface area contributed by atoms with Crippen LogP contribution in [0.2, 0.25) is 0 Å². The normalized spacial score (nSPS) is 16.1. The van der Waals surface area contributed by atoms with Gasteiger partial charge in [-0.05, 0) is 43.9 Å². The van der Waals surface area contributed by atoms with E-state index in [9.17, 15) is 4.79 Å². The van der Waals surface area contributed by atoms with Crippen molar-refractivity contribution in [1.29, 1.82) is 0 Å². The molecule has 1 aromatic rings. The summed E-state index contributed by atoms with van der Waals surface area (Å²) in [5.74, 6) is 0.206. The first-order valence-corrected chi connectivity index (χ1v) is 8.70. The SMILES string of the molecule is Cc1cccc(C(=O)N(CCBr)C2CCCCC2)c1C. The topological polar surface area (TPSA) is 20.3 Å². The van der Waals surface area contributed by atoms with Crippen LogP contribution < -0.4 is 0 Å². The molecular formula is C17H24BrNO. The average molecular weight is 338 g/mol. The Bertz CT molecular complexity index is 466. The third-order valence-electron chi connectivity index (χ3n) is 4.44. The summed E-state index contributed by atoms with van der Waals surface area (Å²) in [6.45, 7) is 4.92. The summed E-state index contributed by atoms with van der Waals surface area (Å²) in [7, 11) is 0. The fourth-order valence-corrected chi connectivity index (χ4v) is 3.45. The van der Waals surface area contributed by atoms with Crippen molar-refractivity contribution in [3.63, 3.8) is 0 Å². The second kappa shape index (κ2) is 7.26. The summed E-state index contributed by atoms with van der Waals surface area (Å²) in [4.78, 5) is 15.0. The van der Waals surface area contributed by atoms with E-state index >= 15 is 0 Å². The predicted molar refractivity (Wildman–Crippen MR) is 87.6 cm³/mol. The summed E-state index contributed by atoms with van der Waals surface area (Å²) >= 11 is 3.50. The first kappa shape index (κ1) is 15.6. The zero-order valence-electron chi connectivity index (χ0n) is 12.5. The standard InChI is InChI=1S/C17H24BrNO/c1-13-7-6-10-16(14(13)2)17(20)19(12-11-18)15-8-4-3-5-9-15/h6-7,10,15H,3-5,8-9,11-12H2,1-2H3. The molecule has 0 bridgehead atoms. The number of rotatable bonds is 4. The van der Waals surface area contributed by atoms with Gasteiger partial charge in [0.1, 0.15) is 0 Å². The van der Waals surface area contributed by atoms with Crippen LogP contribution in [0.5, 0.6) is 0 Å². The van der Waals surface area contributed by atoms with Gasteiger partial charge >= 0.3 is 0 Å². The summed E-state index contributed by atoms with van der Waals surface area (Å²) in [6.07, 6.45) is 6.14. The minimum Gasteiger partial charge on any atom is -0.335 e. The Labute approximate surface area is 130 Å². The third-order valence-corrected chi connectivity index (χ3v) is 4.79. The highest BCUT2D eigenvalue weighted by atomic mass is 79.9. The van der Waals surface area contributed by atoms with Crippen LogP contribution in [0.1, 0.15) is 53.6 Å². The van der Waals surface area contributed by atoms with Crippen LogP contribution in [0.4, 0.5) is 0 Å². The Balaban J connectivity index is 2.23. The van der Waals surface area contributed by atoms with E-state index in [0.717, 1.165) is 35.8 Å². The lowest BCUT2D eigenvalue weighted by molar-refractivity contribution is 0.0650. The highest BCUT2D eigenvalue weighted by molar-refractivity contribution is 9.09. The third kappa shape index (κ3) is 3.43. The van der Waals surface area contributed by atoms with Crippen molar-refractivity contribution < 1.29 is 4.79 Å². The van der Waals surface area contributed by atoms with Crippen molar-refractivity contribution in [1.82, 2.24) is 4.90 Å². The van der Waals surface area contributed by atoms with E-state index < -0.39 is 0 Å². The Kier molecular flexibility index (Phi) is 5.64. The molecule has 0 aliphatic heterocycles. The van der Waals surface area contributed by atoms with Gasteiger partial charge in [-0.15, -0.1) is 0 Å². The Morgan fingerprint density at radius 3 is 2.60 bits per heavy atom. The van der Waals surface area contributed by atoms with E-state index in [4.69, 9.17) is 0 Å². The van der Waals surface area contributed by atoms with Crippen molar-refractivity contribution in [2.24, 2.45) is 0 Å². The molecule has 0 N–H and O–H groups in total. The summed E-state index contributed by atoms with van der Waals surface area (Å²) < 4.78 is 0. The lowest BCUT2D eigenvalue weighted by atomic mass is 9.93. The Morgan fingerprint density at radius 2 is 1.95 bits per heavy atom. The first-order valence-electron chi connectivity index (χ1n) is 7.58. The largest absolute Gasteiger partial charge is 0.335 e. The van der Waals surface area contributed by atoms with E-state index in [0.29, 0.717) is 6.04 Å². The van der Waals surface area contributed by atoms with Gasteiger partial charge in [0.2, 0.25) is 0 Å². The second-order valence-corrected chi connectivity index (χ2v) is 6.52. The van der Waals surface area contributed by atoms with Crippen molar-refractivity contribution >= 4 is 21.8 Å². The smallest absolute Gasteiger partial charge is 0.254 e. The number of carbonyl (C=O) groups excluding carboxylic acids is 1. The van der Waals surface area contributed by atoms with Crippen LogP contribution in [0, 0.1) is 13.8 Å². The number of hydrogen-bond acceptors (Lipinski definition) is 1. The van der Waals surface area contributed by atoms with Gasteiger partial charge in [0.05, 0.1) is 0 Å². The number of carbonyl (C=O) groups is 1. The van der Waals surface area contributed by atoms with E-state index in [-0.39, 0.29) is 5.91 Å². The number of benzene rings is 1. The number of hydrogen-bond donors (Lipinski definition) is 0. The molecule has 20 heavy (non-hydrogen) atoms. The Morgan fingerprint density at radius 1 is 1.25 bits per heavy atom. The van der Waals surface area contributed by atoms with Crippen molar-refractivity contribution in [2.45, 2.75) is 52.0 Å². The van der Waals surface area contributed by atoms with Gasteiger partial charge in [-0.25, -0.2) is 0 Å². The predicted octanol–water partition coefficient (Wildman–Crippen LogP) is 4.47. The quantitative estimate of drug-likeness (QED) is 0.742. The van der Waals surface area contributed by atoms with Gasteiger partial charge in [0, 0.05) is 23.5 Å². The molecule has 3 heteroatoms. The molecule has 1 aromatic carbocycles. The molecule has 1 aliphatic rings. The molecule has 2 rings (SSSR count). The number of nitrogens with zero attached hydrogens (tertiary/aromatic N) is 1. The zero-order valence-corrected chi connectivity index (χ0v) is 14.1. The molecule has 1 amide bonds. The van der Waals surface area contributed by atoms with Crippen LogP contribution in [-0.2, 0) is 0 Å². The second-order valence-electron chi connectivity index (χ2n) is 5.73. The maximum atomic E-state index is 12.9. The van der Waals surface area contributed by atoms with Crippen molar-refractivity contribution in [2.75, 3.05) is 11.9 Å². The fraction of sp³-hybridized carbons (Fsp3) is 0.588. The lowest BCUT2D eigenvalue weighted by Gasteiger charge is -2.34. The van der Waals surface area contributed by atoms with Gasteiger partial charge < -0.3 is 4.90 Å². The minimum atomic E-state index is 0.206. The van der Waals surface area contributed by atoms with Crippen LogP contribution in [0.15, 0.2) is 18.2 Å². The van der Waals surface area contributed by atoms with Gasteiger partial charge in [-0.1, -0.05) is 47.3 Å². The van der Waals surface area contributed by atoms with Gasteiger partial charge in [0.25, 0.3) is 5.91 Å². The maximum Gasteiger partial charge on any atom is 0.254 e. The molecule has 0 spiro atoms. The number of halogens is 1. The number of aryl methyl sites for hydroxylation is 1. The molecule has 0 saturated heterocycles. The Hall–Kier alpha value is -0.830. The first-order chi connectivity index (χ1) is 9.65. The van der Waals surface area contributed by atoms with Gasteiger partial charge in [0.15, 0.2) is 0 Å². The van der Waals surface area contributed by atoms with Crippen LogP contribution >= 0.6 is 15.9 Å². The molecule has 1 aliphatic carbocycles. The van der Waals surface area contributed by atoms with Crippen LogP contribution in [-0.4, -0.2) is 28.7 Å². The molecule has 0 radical (unpaired) electrons. The molecule has 1 fully saturated rings. The molecular weight excluding hydrogens is 314 g/mol. The molecule has 2 nitrogen and oxygen atoms in total. The summed E-state index contributed by atoms with van der Waals surface area (Å²) in [5.41, 5.74) is 3.18. The van der Waals surface area contributed by atoms with Gasteiger partial charge in [-0.3, -0.25) is 4.79 Å². The summed E-state index contributed by atoms with van der Waals surface area (Å²) in [5, 5.41) is 0.847. The van der Waals surface area contributed by atoms with E-state index in [1.54, 1.807) is 0 Å². The van der Waals surface area contributed by atoms with E-state index in [2.05, 4.69) is 40.7 Å². The molecule has 110 valence electrons. The minimum absolute atomic E-state index is 0.206. The van der Waals surface area contributed by atoms with Crippen molar-refractivity contribution in [3.8, 4) is 0 Å². The zero-order chi connectivity index (χ0) is 14.5. The van der Waals surface area contributed by atoms with E-state index in [1.165, 1.54) is 24.8 Å². The summed E-state index contributed by atoms with van der Waals surface area (Å²) in [6, 6.07) is 6.45.